The molecule has 1 saturated heterocycles. The highest BCUT2D eigenvalue weighted by Crippen LogP contribution is 2.31. The van der Waals surface area contributed by atoms with Crippen LogP contribution in [0.4, 0.5) is 11.4 Å². The summed E-state index contributed by atoms with van der Waals surface area (Å²) in [5, 5.41) is 13.4. The first-order valence-electron chi connectivity index (χ1n) is 10.5. The van der Waals surface area contributed by atoms with Crippen LogP contribution < -0.4 is 19.7 Å². The predicted octanol–water partition coefficient (Wildman–Crippen LogP) is 2.14. The van der Waals surface area contributed by atoms with Crippen LogP contribution in [0.25, 0.3) is 0 Å². The molecule has 30 heavy (non-hydrogen) atoms. The lowest BCUT2D eigenvalue weighted by Gasteiger charge is -2.37. The lowest BCUT2D eigenvalue weighted by atomic mass is 10.0. The molecule has 7 heteroatoms. The lowest BCUT2D eigenvalue weighted by molar-refractivity contribution is -0.116. The number of β-amino-alcohol motifs (C(OH)–C–C–N with tert-alkyl or cyclic N) is 1. The maximum absolute atomic E-state index is 11.6. The predicted molar refractivity (Wildman–Crippen MR) is 117 cm³/mol. The molecule has 4 rings (SSSR count). The molecule has 2 aromatic rings. The Balaban J connectivity index is 1.26. The zero-order valence-corrected chi connectivity index (χ0v) is 17.3. The van der Waals surface area contributed by atoms with E-state index in [2.05, 4.69) is 21.2 Å². The van der Waals surface area contributed by atoms with Crippen molar-refractivity contribution in [3.05, 3.63) is 48.0 Å². The number of para-hydroxylation sites is 2. The molecule has 7 nitrogen and oxygen atoms in total. The largest absolute Gasteiger partial charge is 0.495 e. The van der Waals surface area contributed by atoms with Crippen LogP contribution in [0.1, 0.15) is 12.0 Å². The number of hydrogen-bond acceptors (Lipinski definition) is 6. The fourth-order valence-electron chi connectivity index (χ4n) is 4.13. The van der Waals surface area contributed by atoms with Gasteiger partial charge in [-0.15, -0.1) is 0 Å². The van der Waals surface area contributed by atoms with Crippen LogP contribution in [0.5, 0.6) is 11.5 Å². The molecule has 160 valence electrons. The maximum atomic E-state index is 11.6. The van der Waals surface area contributed by atoms with Crippen LogP contribution >= 0.6 is 0 Å². The van der Waals surface area contributed by atoms with Gasteiger partial charge in [0.25, 0.3) is 0 Å². The van der Waals surface area contributed by atoms with Gasteiger partial charge in [-0.25, -0.2) is 0 Å². The number of amides is 1. The lowest BCUT2D eigenvalue weighted by Crippen LogP contribution is -2.49. The third-order valence-corrected chi connectivity index (χ3v) is 5.71. The molecule has 2 aliphatic heterocycles. The maximum Gasteiger partial charge on any atom is 0.224 e. The van der Waals surface area contributed by atoms with Gasteiger partial charge in [0.05, 0.1) is 12.8 Å². The Hall–Kier alpha value is -2.77. The van der Waals surface area contributed by atoms with Crippen LogP contribution in [0.2, 0.25) is 0 Å². The van der Waals surface area contributed by atoms with E-state index >= 15 is 0 Å². The molecule has 2 heterocycles. The average molecular weight is 412 g/mol. The zero-order valence-electron chi connectivity index (χ0n) is 17.3. The highest BCUT2D eigenvalue weighted by atomic mass is 16.5. The number of benzene rings is 2. The number of nitrogens with zero attached hydrogens (tertiary/aromatic N) is 2. The van der Waals surface area contributed by atoms with Crippen molar-refractivity contribution in [1.82, 2.24) is 4.90 Å². The van der Waals surface area contributed by atoms with E-state index in [0.717, 1.165) is 54.6 Å². The van der Waals surface area contributed by atoms with Crippen molar-refractivity contribution in [2.45, 2.75) is 18.9 Å². The fraction of sp³-hybridized carbons (Fsp3) is 0.435. The zero-order chi connectivity index (χ0) is 20.9. The van der Waals surface area contributed by atoms with Crippen molar-refractivity contribution < 1.29 is 19.4 Å². The van der Waals surface area contributed by atoms with Crippen molar-refractivity contribution >= 4 is 17.3 Å². The normalized spacial score (nSPS) is 17.8. The van der Waals surface area contributed by atoms with Gasteiger partial charge in [0.15, 0.2) is 0 Å². The van der Waals surface area contributed by atoms with Crippen molar-refractivity contribution in [2.24, 2.45) is 0 Å². The van der Waals surface area contributed by atoms with E-state index in [1.54, 1.807) is 7.11 Å². The highest BCUT2D eigenvalue weighted by Gasteiger charge is 2.22. The molecule has 2 N–H and O–H groups in total. The van der Waals surface area contributed by atoms with E-state index in [1.807, 2.05) is 36.4 Å². The Kier molecular flexibility index (Phi) is 6.40. The number of nitrogens with one attached hydrogen (secondary N) is 1. The summed E-state index contributed by atoms with van der Waals surface area (Å²) in [6.45, 7) is 4.34. The van der Waals surface area contributed by atoms with Crippen molar-refractivity contribution in [3.63, 3.8) is 0 Å². The van der Waals surface area contributed by atoms with Gasteiger partial charge >= 0.3 is 0 Å². The molecule has 0 radical (unpaired) electrons. The second-order valence-electron chi connectivity index (χ2n) is 7.75. The van der Waals surface area contributed by atoms with Gasteiger partial charge < -0.3 is 24.8 Å². The van der Waals surface area contributed by atoms with Gasteiger partial charge in [-0.05, 0) is 30.7 Å². The molecule has 1 amide bonds. The summed E-state index contributed by atoms with van der Waals surface area (Å²) in [6.07, 6.45) is 0.557. The van der Waals surface area contributed by atoms with Crippen LogP contribution in [0, 0.1) is 0 Å². The summed E-state index contributed by atoms with van der Waals surface area (Å²) < 4.78 is 11.4. The molecule has 0 spiro atoms. The van der Waals surface area contributed by atoms with Gasteiger partial charge in [-0.2, -0.15) is 0 Å². The van der Waals surface area contributed by atoms with E-state index in [0.29, 0.717) is 19.4 Å². The summed E-state index contributed by atoms with van der Waals surface area (Å²) in [5.74, 6) is 1.67. The minimum atomic E-state index is -0.572. The SMILES string of the molecule is COc1ccccc1N1CCN(CC(O)COc2cccc3c2CCC(=O)N3)CC1. The van der Waals surface area contributed by atoms with E-state index in [1.165, 1.54) is 0 Å². The quantitative estimate of drug-likeness (QED) is 0.727. The number of aliphatic hydroxyl groups is 1. The van der Waals surface area contributed by atoms with E-state index in [-0.39, 0.29) is 12.5 Å². The van der Waals surface area contributed by atoms with E-state index in [4.69, 9.17) is 9.47 Å². The second-order valence-corrected chi connectivity index (χ2v) is 7.75. The summed E-state index contributed by atoms with van der Waals surface area (Å²) >= 11 is 0. The Morgan fingerprint density at radius 1 is 1.03 bits per heavy atom. The van der Waals surface area contributed by atoms with Crippen LogP contribution in [-0.2, 0) is 11.2 Å². The molecular weight excluding hydrogens is 382 g/mol. The minimum absolute atomic E-state index is 0.0342. The summed E-state index contributed by atoms with van der Waals surface area (Å²) in [5.41, 5.74) is 2.94. The van der Waals surface area contributed by atoms with Crippen LogP contribution in [0.15, 0.2) is 42.5 Å². The van der Waals surface area contributed by atoms with Crippen LogP contribution in [-0.4, -0.2) is 68.5 Å². The van der Waals surface area contributed by atoms with Gasteiger partial charge in [-0.1, -0.05) is 18.2 Å². The van der Waals surface area contributed by atoms with Gasteiger partial charge in [-0.3, -0.25) is 9.69 Å². The third kappa shape index (κ3) is 4.68. The first-order chi connectivity index (χ1) is 14.6. The van der Waals surface area contributed by atoms with Crippen molar-refractivity contribution in [2.75, 3.05) is 56.7 Å². The van der Waals surface area contributed by atoms with Gasteiger partial charge in [0, 0.05) is 50.4 Å². The molecule has 0 aromatic heterocycles. The minimum Gasteiger partial charge on any atom is -0.495 e. The number of anilines is 2. The van der Waals surface area contributed by atoms with Crippen molar-refractivity contribution in [1.29, 1.82) is 0 Å². The number of rotatable bonds is 7. The number of carbonyl (C=O) groups excluding carboxylic acids is 1. The monoisotopic (exact) mass is 411 g/mol. The molecule has 0 aliphatic carbocycles. The number of piperazine rings is 1. The standard InChI is InChI=1S/C23H29N3O4/c1-29-22-7-3-2-6-20(22)26-13-11-25(12-14-26)15-17(27)16-30-21-8-4-5-19-18(21)9-10-23(28)24-19/h2-8,17,27H,9-16H2,1H3,(H,24,28). The Morgan fingerprint density at radius 2 is 1.80 bits per heavy atom. The second kappa shape index (κ2) is 9.36. The number of hydrogen-bond donors (Lipinski definition) is 2. The van der Waals surface area contributed by atoms with E-state index in [9.17, 15) is 9.90 Å². The average Bonchev–Trinajstić information content (AvgIpc) is 2.78. The first-order valence-corrected chi connectivity index (χ1v) is 10.5. The molecule has 0 bridgehead atoms. The van der Waals surface area contributed by atoms with Crippen molar-refractivity contribution in [3.8, 4) is 11.5 Å². The smallest absolute Gasteiger partial charge is 0.224 e. The molecule has 2 aliphatic rings. The Bertz CT molecular complexity index is 881. The Labute approximate surface area is 177 Å². The number of methoxy groups -OCH3 is 1. The van der Waals surface area contributed by atoms with Gasteiger partial charge in [0.2, 0.25) is 5.91 Å². The number of aliphatic hydroxyl groups excluding tert-OH is 1. The van der Waals surface area contributed by atoms with Crippen LogP contribution in [0.3, 0.4) is 0 Å². The van der Waals surface area contributed by atoms with Gasteiger partial charge in [0.1, 0.15) is 24.2 Å². The van der Waals surface area contributed by atoms with E-state index < -0.39 is 6.10 Å². The number of fused-ring (bicyclic) bond motifs is 1. The molecule has 1 fully saturated rings. The number of carbonyl (C=O) groups is 1. The number of ether oxygens (including phenoxy) is 2. The summed E-state index contributed by atoms with van der Waals surface area (Å²) in [4.78, 5) is 16.2. The molecular formula is C23H29N3O4. The summed E-state index contributed by atoms with van der Waals surface area (Å²) in [7, 11) is 1.70. The molecule has 0 saturated carbocycles. The molecule has 2 aromatic carbocycles. The molecule has 1 atom stereocenters. The summed E-state index contributed by atoms with van der Waals surface area (Å²) in [6, 6.07) is 13.7. The highest BCUT2D eigenvalue weighted by molar-refractivity contribution is 5.94. The molecule has 1 unspecified atom stereocenters. The topological polar surface area (TPSA) is 74.3 Å². The third-order valence-electron chi connectivity index (χ3n) is 5.71. The fourth-order valence-corrected chi connectivity index (χ4v) is 4.13. The Morgan fingerprint density at radius 3 is 2.60 bits per heavy atom. The first kappa shape index (κ1) is 20.5.